The van der Waals surface area contributed by atoms with Crippen LogP contribution in [0.2, 0.25) is 0 Å². The van der Waals surface area contributed by atoms with Crippen molar-refractivity contribution in [3.05, 3.63) is 65.2 Å². The van der Waals surface area contributed by atoms with E-state index in [1.807, 2.05) is 0 Å². The van der Waals surface area contributed by atoms with Gasteiger partial charge in [0, 0.05) is 32.0 Å². The zero-order chi connectivity index (χ0) is 18.5. The van der Waals surface area contributed by atoms with Crippen LogP contribution >= 0.6 is 0 Å². The van der Waals surface area contributed by atoms with Gasteiger partial charge in [-0.05, 0) is 42.8 Å². The summed E-state index contributed by atoms with van der Waals surface area (Å²) < 4.78 is 11.8. The lowest BCUT2D eigenvalue weighted by molar-refractivity contribution is 0.00763. The molecule has 2 atom stereocenters. The second-order valence-electron chi connectivity index (χ2n) is 7.70. The van der Waals surface area contributed by atoms with E-state index in [0.717, 1.165) is 58.0 Å². The lowest BCUT2D eigenvalue weighted by Gasteiger charge is -2.32. The smallest absolute Gasteiger partial charge is 0.122 e. The molecule has 4 rings (SSSR count). The summed E-state index contributed by atoms with van der Waals surface area (Å²) >= 11 is 0. The predicted molar refractivity (Wildman–Crippen MR) is 108 cm³/mol. The first-order valence-corrected chi connectivity index (χ1v) is 10.1. The maximum absolute atomic E-state index is 6.15. The number of hydrogen-bond acceptors (Lipinski definition) is 4. The van der Waals surface area contributed by atoms with Gasteiger partial charge in [0.25, 0.3) is 0 Å². The SMILES string of the molecule is CN(CCC(c1ccc2c(c1)CCO2)C1CNCCO1)Cc1ccccc1. The molecule has 144 valence electrons. The number of rotatable bonds is 7. The molecule has 1 N–H and O–H groups in total. The zero-order valence-corrected chi connectivity index (χ0v) is 16.2. The Morgan fingerprint density at radius 2 is 2.04 bits per heavy atom. The quantitative estimate of drug-likeness (QED) is 0.816. The summed E-state index contributed by atoms with van der Waals surface area (Å²) in [5.74, 6) is 1.46. The van der Waals surface area contributed by atoms with Crippen LogP contribution in [-0.4, -0.2) is 50.9 Å². The van der Waals surface area contributed by atoms with Gasteiger partial charge in [-0.15, -0.1) is 0 Å². The third-order valence-corrected chi connectivity index (χ3v) is 5.66. The van der Waals surface area contributed by atoms with Gasteiger partial charge in [0.2, 0.25) is 0 Å². The summed E-state index contributed by atoms with van der Waals surface area (Å²) in [7, 11) is 2.21. The van der Waals surface area contributed by atoms with E-state index in [1.54, 1.807) is 0 Å². The van der Waals surface area contributed by atoms with Crippen LogP contribution in [0.3, 0.4) is 0 Å². The van der Waals surface area contributed by atoms with Crippen LogP contribution in [0.5, 0.6) is 5.75 Å². The van der Waals surface area contributed by atoms with Gasteiger partial charge in [-0.25, -0.2) is 0 Å². The lowest BCUT2D eigenvalue weighted by Crippen LogP contribution is -2.42. The van der Waals surface area contributed by atoms with Gasteiger partial charge in [-0.3, -0.25) is 0 Å². The van der Waals surface area contributed by atoms with Crippen LogP contribution in [0, 0.1) is 0 Å². The monoisotopic (exact) mass is 366 g/mol. The first-order chi connectivity index (χ1) is 13.3. The molecule has 2 unspecified atom stereocenters. The molecule has 4 nitrogen and oxygen atoms in total. The molecule has 4 heteroatoms. The maximum Gasteiger partial charge on any atom is 0.122 e. The Labute approximate surface area is 162 Å². The average Bonchev–Trinajstić information content (AvgIpc) is 3.18. The van der Waals surface area contributed by atoms with E-state index in [2.05, 4.69) is 65.8 Å². The summed E-state index contributed by atoms with van der Waals surface area (Å²) in [5.41, 5.74) is 4.10. The minimum atomic E-state index is 0.240. The van der Waals surface area contributed by atoms with Gasteiger partial charge in [-0.2, -0.15) is 0 Å². The molecule has 2 aromatic carbocycles. The molecule has 0 aromatic heterocycles. The number of nitrogens with one attached hydrogen (secondary N) is 1. The van der Waals surface area contributed by atoms with Gasteiger partial charge in [0.1, 0.15) is 5.75 Å². The van der Waals surface area contributed by atoms with Crippen molar-refractivity contribution in [1.82, 2.24) is 10.2 Å². The summed E-state index contributed by atoms with van der Waals surface area (Å²) in [6.45, 7) is 5.53. The highest BCUT2D eigenvalue weighted by atomic mass is 16.5. The van der Waals surface area contributed by atoms with Crippen LogP contribution in [-0.2, 0) is 17.7 Å². The van der Waals surface area contributed by atoms with Crippen molar-refractivity contribution >= 4 is 0 Å². The van der Waals surface area contributed by atoms with E-state index in [4.69, 9.17) is 9.47 Å². The molecular weight excluding hydrogens is 336 g/mol. The number of morpholine rings is 1. The Morgan fingerprint density at radius 3 is 2.85 bits per heavy atom. The van der Waals surface area contributed by atoms with E-state index in [0.29, 0.717) is 5.92 Å². The number of ether oxygens (including phenoxy) is 2. The molecule has 1 saturated heterocycles. The molecule has 2 aliphatic heterocycles. The minimum Gasteiger partial charge on any atom is -0.493 e. The molecule has 0 saturated carbocycles. The zero-order valence-electron chi connectivity index (χ0n) is 16.2. The van der Waals surface area contributed by atoms with Crippen LogP contribution in [0.25, 0.3) is 0 Å². The van der Waals surface area contributed by atoms with Crippen LogP contribution in [0.15, 0.2) is 48.5 Å². The molecule has 2 heterocycles. The minimum absolute atomic E-state index is 0.240. The standard InChI is InChI=1S/C23H30N2O2/c1-25(17-18-5-3-2-4-6-18)12-9-21(23-16-24-11-14-27-23)19-7-8-22-20(15-19)10-13-26-22/h2-8,15,21,23-24H,9-14,16-17H2,1H3. The van der Waals surface area contributed by atoms with Crippen molar-refractivity contribution in [3.63, 3.8) is 0 Å². The highest BCUT2D eigenvalue weighted by Gasteiger charge is 2.27. The van der Waals surface area contributed by atoms with Crippen molar-refractivity contribution in [2.24, 2.45) is 0 Å². The van der Waals surface area contributed by atoms with Crippen LogP contribution in [0.1, 0.15) is 29.0 Å². The van der Waals surface area contributed by atoms with Crippen LogP contribution in [0.4, 0.5) is 0 Å². The largest absolute Gasteiger partial charge is 0.493 e. The molecule has 0 aliphatic carbocycles. The number of fused-ring (bicyclic) bond motifs is 1. The summed E-state index contributed by atoms with van der Waals surface area (Å²) in [6.07, 6.45) is 2.35. The Balaban J connectivity index is 1.45. The van der Waals surface area contributed by atoms with Gasteiger partial charge in [0.15, 0.2) is 0 Å². The Morgan fingerprint density at radius 1 is 1.15 bits per heavy atom. The topological polar surface area (TPSA) is 33.7 Å². The molecule has 2 aliphatic rings. The normalized spacial score (nSPS) is 20.3. The van der Waals surface area contributed by atoms with Crippen molar-refractivity contribution < 1.29 is 9.47 Å². The van der Waals surface area contributed by atoms with Crippen molar-refractivity contribution in [3.8, 4) is 5.75 Å². The fourth-order valence-corrected chi connectivity index (χ4v) is 4.18. The third kappa shape index (κ3) is 4.70. The van der Waals surface area contributed by atoms with Gasteiger partial charge in [-0.1, -0.05) is 42.5 Å². The number of hydrogen-bond donors (Lipinski definition) is 1. The molecule has 0 amide bonds. The molecular formula is C23H30N2O2. The highest BCUT2D eigenvalue weighted by Crippen LogP contribution is 2.33. The van der Waals surface area contributed by atoms with E-state index < -0.39 is 0 Å². The van der Waals surface area contributed by atoms with E-state index >= 15 is 0 Å². The van der Waals surface area contributed by atoms with Gasteiger partial charge in [0.05, 0.1) is 19.3 Å². The Hall–Kier alpha value is -1.88. The average molecular weight is 367 g/mol. The highest BCUT2D eigenvalue weighted by molar-refractivity contribution is 5.41. The lowest BCUT2D eigenvalue weighted by atomic mass is 9.88. The molecule has 2 aromatic rings. The molecule has 0 bridgehead atoms. The fraction of sp³-hybridized carbons (Fsp3) is 0.478. The van der Waals surface area contributed by atoms with E-state index in [-0.39, 0.29) is 6.10 Å². The first-order valence-electron chi connectivity index (χ1n) is 10.1. The predicted octanol–water partition coefficient (Wildman–Crippen LogP) is 3.22. The second-order valence-corrected chi connectivity index (χ2v) is 7.70. The fourth-order valence-electron chi connectivity index (χ4n) is 4.18. The van der Waals surface area contributed by atoms with Crippen molar-refractivity contribution in [2.45, 2.75) is 31.4 Å². The van der Waals surface area contributed by atoms with Crippen molar-refractivity contribution in [1.29, 1.82) is 0 Å². The number of nitrogens with zero attached hydrogens (tertiary/aromatic N) is 1. The third-order valence-electron chi connectivity index (χ3n) is 5.66. The molecule has 0 spiro atoms. The Kier molecular flexibility index (Phi) is 6.07. The molecule has 1 fully saturated rings. The maximum atomic E-state index is 6.15. The Bertz CT molecular complexity index is 728. The van der Waals surface area contributed by atoms with Gasteiger partial charge >= 0.3 is 0 Å². The van der Waals surface area contributed by atoms with Crippen molar-refractivity contribution in [2.75, 3.05) is 39.9 Å². The molecule has 27 heavy (non-hydrogen) atoms. The summed E-state index contributed by atoms with van der Waals surface area (Å²) in [5, 5.41) is 3.50. The second kappa shape index (κ2) is 8.87. The summed E-state index contributed by atoms with van der Waals surface area (Å²) in [6, 6.07) is 17.4. The van der Waals surface area contributed by atoms with E-state index in [1.165, 1.54) is 16.7 Å². The molecule has 0 radical (unpaired) electrons. The van der Waals surface area contributed by atoms with Crippen LogP contribution < -0.4 is 10.1 Å². The number of benzene rings is 2. The van der Waals surface area contributed by atoms with E-state index in [9.17, 15) is 0 Å². The summed E-state index contributed by atoms with van der Waals surface area (Å²) in [4.78, 5) is 2.41. The van der Waals surface area contributed by atoms with Gasteiger partial charge < -0.3 is 19.7 Å². The first kappa shape index (κ1) is 18.5.